The second kappa shape index (κ2) is 17.3. The van der Waals surface area contributed by atoms with Gasteiger partial charge in [-0.05, 0) is 116 Å². The number of nitrogens with one attached hydrogen (secondary N) is 1. The number of nitrogens with zero attached hydrogens (tertiary/aromatic N) is 3. The minimum atomic E-state index is -1.42. The van der Waals surface area contributed by atoms with Crippen LogP contribution in [0.5, 0.6) is 0 Å². The van der Waals surface area contributed by atoms with Crippen LogP contribution in [-0.4, -0.2) is 97.8 Å². The normalized spacial score (nSPS) is 18.9. The number of aliphatic hydroxyl groups excluding tert-OH is 1. The molecular formula is C40H58N4O9. The fourth-order valence-corrected chi connectivity index (χ4v) is 7.50. The first kappa shape index (κ1) is 41.6. The van der Waals surface area contributed by atoms with Crippen molar-refractivity contribution in [3.63, 3.8) is 0 Å². The predicted octanol–water partition coefficient (Wildman–Crippen LogP) is 5.93. The number of carbonyl (C=O) groups is 4. The van der Waals surface area contributed by atoms with Gasteiger partial charge in [0, 0.05) is 13.1 Å². The molecule has 2 aliphatic heterocycles. The quantitative estimate of drug-likeness (QED) is 0.161. The summed E-state index contributed by atoms with van der Waals surface area (Å²) < 4.78 is 11.1. The Labute approximate surface area is 313 Å². The number of aliphatic carboxylic acids is 1. The first-order chi connectivity index (χ1) is 24.9. The molecule has 3 atom stereocenters. The van der Waals surface area contributed by atoms with Crippen LogP contribution in [0.1, 0.15) is 109 Å². The molecule has 4 N–H and O–H groups in total. The zero-order chi connectivity index (χ0) is 39.1. The molecule has 2 aliphatic rings. The lowest BCUT2D eigenvalue weighted by atomic mass is 9.88. The first-order valence-corrected chi connectivity index (χ1v) is 18.6. The van der Waals surface area contributed by atoms with E-state index in [-0.39, 0.29) is 39.0 Å². The minimum absolute atomic E-state index is 0.0119. The van der Waals surface area contributed by atoms with Gasteiger partial charge in [-0.2, -0.15) is 5.06 Å². The predicted molar refractivity (Wildman–Crippen MR) is 198 cm³/mol. The Kier molecular flexibility index (Phi) is 13.6. The number of unbranched alkanes of at least 4 members (excludes halogenated alkanes) is 1. The third-order valence-electron chi connectivity index (χ3n) is 10.3. The summed E-state index contributed by atoms with van der Waals surface area (Å²) in [5.74, 6) is -1.72. The SMILES string of the molecule is CC(C)(C)OC(=O)N([C@@H](CCc1ccc2c(c1)C(C)(C)N(O)C2(C)C)C(=O)O)[C@@H](CCCCNC(=O)OCc1ccccc1)C(=O)N1CCC[C@H]1CO. The fourth-order valence-electron chi connectivity index (χ4n) is 7.50. The summed E-state index contributed by atoms with van der Waals surface area (Å²) >= 11 is 0. The van der Waals surface area contributed by atoms with Crippen LogP contribution >= 0.6 is 0 Å². The van der Waals surface area contributed by atoms with Gasteiger partial charge >= 0.3 is 18.2 Å². The number of hydrogen-bond donors (Lipinski definition) is 4. The molecule has 2 heterocycles. The number of likely N-dealkylation sites (tertiary alicyclic amines) is 1. The molecule has 292 valence electrons. The van der Waals surface area contributed by atoms with Crippen LogP contribution in [0.4, 0.5) is 9.59 Å². The molecule has 0 radical (unpaired) electrons. The third-order valence-corrected chi connectivity index (χ3v) is 10.3. The fraction of sp³-hybridized carbons (Fsp3) is 0.600. The Balaban J connectivity index is 1.57. The van der Waals surface area contributed by atoms with E-state index in [9.17, 15) is 34.6 Å². The summed E-state index contributed by atoms with van der Waals surface area (Å²) in [5, 5.41) is 35.8. The van der Waals surface area contributed by atoms with Crippen molar-refractivity contribution in [1.82, 2.24) is 20.2 Å². The number of carboxylic acid groups (broad SMARTS) is 1. The number of alkyl carbamates (subject to hydrolysis) is 1. The number of hydroxylamine groups is 2. The van der Waals surface area contributed by atoms with Crippen molar-refractivity contribution in [3.8, 4) is 0 Å². The number of aliphatic hydroxyl groups is 1. The highest BCUT2D eigenvalue weighted by atomic mass is 16.6. The van der Waals surface area contributed by atoms with Gasteiger partial charge < -0.3 is 35.1 Å². The molecule has 0 aromatic heterocycles. The monoisotopic (exact) mass is 738 g/mol. The number of ether oxygens (including phenoxy) is 2. The van der Waals surface area contributed by atoms with Crippen molar-refractivity contribution in [2.45, 2.75) is 135 Å². The van der Waals surface area contributed by atoms with Gasteiger partial charge in [0.2, 0.25) is 5.91 Å². The number of amides is 3. The molecule has 13 heteroatoms. The molecule has 3 amide bonds. The van der Waals surface area contributed by atoms with Gasteiger partial charge in [0.25, 0.3) is 0 Å². The molecule has 13 nitrogen and oxygen atoms in total. The van der Waals surface area contributed by atoms with Gasteiger partial charge in [0.1, 0.15) is 24.3 Å². The maximum absolute atomic E-state index is 14.4. The largest absolute Gasteiger partial charge is 0.480 e. The van der Waals surface area contributed by atoms with Crippen LogP contribution < -0.4 is 5.32 Å². The summed E-state index contributed by atoms with van der Waals surface area (Å²) in [6, 6.07) is 12.0. The zero-order valence-electron chi connectivity index (χ0n) is 32.3. The maximum atomic E-state index is 14.4. The van der Waals surface area contributed by atoms with Gasteiger partial charge in [-0.25, -0.2) is 14.4 Å². The van der Waals surface area contributed by atoms with Crippen LogP contribution in [-0.2, 0) is 43.2 Å². The Morgan fingerprint density at radius 2 is 1.62 bits per heavy atom. The number of benzene rings is 2. The molecule has 0 aliphatic carbocycles. The summed E-state index contributed by atoms with van der Waals surface area (Å²) in [5.41, 5.74) is 1.27. The van der Waals surface area contributed by atoms with E-state index in [1.807, 2.05) is 76.2 Å². The number of carboxylic acids is 1. The van der Waals surface area contributed by atoms with E-state index in [0.29, 0.717) is 32.2 Å². The molecule has 0 spiro atoms. The van der Waals surface area contributed by atoms with Crippen molar-refractivity contribution in [2.75, 3.05) is 19.7 Å². The van der Waals surface area contributed by atoms with Gasteiger partial charge in [0.05, 0.1) is 23.7 Å². The third kappa shape index (κ3) is 10.1. The molecule has 2 aromatic rings. The average Bonchev–Trinajstić information content (AvgIpc) is 3.63. The number of hydrogen-bond acceptors (Lipinski definition) is 9. The Hall–Kier alpha value is -4.20. The standard InChI is InChI=1S/C40H58N4O9/c1-38(2,3)53-37(50)43(33(35(47)48)21-19-27-18-20-30-31(24-27)40(6,7)44(51)39(30,4)5)32(34(46)42-23-13-16-29(42)25-45)17-11-12-22-41-36(49)52-26-28-14-9-8-10-15-28/h8-10,14-15,18,20,24,29,32-33,45,51H,11-13,16-17,19,21-23,25-26H2,1-7H3,(H,41,49)(H,47,48)/t29-,32-,33-/m0/s1. The van der Waals surface area contributed by atoms with Crippen molar-refractivity contribution in [1.29, 1.82) is 0 Å². The van der Waals surface area contributed by atoms with E-state index in [1.165, 1.54) is 5.06 Å². The Bertz CT molecular complexity index is 1590. The first-order valence-electron chi connectivity index (χ1n) is 18.6. The van der Waals surface area contributed by atoms with E-state index in [0.717, 1.165) is 27.2 Å². The lowest BCUT2D eigenvalue weighted by Gasteiger charge is -2.39. The molecule has 1 saturated heterocycles. The second-order valence-electron chi connectivity index (χ2n) is 16.1. The smallest absolute Gasteiger partial charge is 0.411 e. The van der Waals surface area contributed by atoms with E-state index in [4.69, 9.17) is 9.47 Å². The lowest BCUT2D eigenvalue weighted by Crippen LogP contribution is -2.58. The summed E-state index contributed by atoms with van der Waals surface area (Å²) in [6.07, 6.45) is 0.912. The van der Waals surface area contributed by atoms with Crippen LogP contribution in [0, 0.1) is 0 Å². The highest BCUT2D eigenvalue weighted by molar-refractivity contribution is 5.89. The van der Waals surface area contributed by atoms with Gasteiger partial charge in [-0.15, -0.1) is 0 Å². The van der Waals surface area contributed by atoms with Crippen molar-refractivity contribution < 1.29 is 44.1 Å². The van der Waals surface area contributed by atoms with Crippen LogP contribution in [0.15, 0.2) is 48.5 Å². The number of fused-ring (bicyclic) bond motifs is 1. The summed E-state index contributed by atoms with van der Waals surface area (Å²) in [4.78, 5) is 56.5. The van der Waals surface area contributed by atoms with Crippen molar-refractivity contribution in [2.24, 2.45) is 0 Å². The Morgan fingerprint density at radius 3 is 2.26 bits per heavy atom. The van der Waals surface area contributed by atoms with E-state index < -0.39 is 58.9 Å². The Morgan fingerprint density at radius 1 is 0.943 bits per heavy atom. The second-order valence-corrected chi connectivity index (χ2v) is 16.1. The maximum Gasteiger partial charge on any atom is 0.411 e. The van der Waals surface area contributed by atoms with Crippen LogP contribution in [0.2, 0.25) is 0 Å². The number of carbonyl (C=O) groups excluding carboxylic acids is 3. The van der Waals surface area contributed by atoms with Gasteiger partial charge in [-0.1, -0.05) is 48.5 Å². The highest BCUT2D eigenvalue weighted by Gasteiger charge is 2.49. The summed E-state index contributed by atoms with van der Waals surface area (Å²) in [6.45, 7) is 13.2. The zero-order valence-corrected chi connectivity index (χ0v) is 32.3. The average molecular weight is 739 g/mol. The molecule has 1 fully saturated rings. The molecule has 2 aromatic carbocycles. The molecule has 0 unspecified atom stereocenters. The minimum Gasteiger partial charge on any atom is -0.480 e. The molecule has 4 rings (SSSR count). The number of rotatable bonds is 15. The molecule has 0 saturated carbocycles. The summed E-state index contributed by atoms with van der Waals surface area (Å²) in [7, 11) is 0. The highest BCUT2D eigenvalue weighted by Crippen LogP contribution is 2.48. The molecule has 53 heavy (non-hydrogen) atoms. The topological polar surface area (TPSA) is 169 Å². The van der Waals surface area contributed by atoms with Crippen LogP contribution in [0.25, 0.3) is 0 Å². The molecule has 0 bridgehead atoms. The lowest BCUT2D eigenvalue weighted by molar-refractivity contribution is -0.216. The van der Waals surface area contributed by atoms with Crippen LogP contribution in [0.3, 0.4) is 0 Å². The van der Waals surface area contributed by atoms with Crippen molar-refractivity contribution >= 4 is 24.1 Å². The van der Waals surface area contributed by atoms with E-state index in [1.54, 1.807) is 25.7 Å². The van der Waals surface area contributed by atoms with Gasteiger partial charge in [-0.3, -0.25) is 9.69 Å². The molecular weight excluding hydrogens is 680 g/mol. The van der Waals surface area contributed by atoms with E-state index in [2.05, 4.69) is 5.32 Å². The number of aryl methyl sites for hydroxylation is 1. The van der Waals surface area contributed by atoms with Crippen molar-refractivity contribution in [3.05, 3.63) is 70.8 Å². The van der Waals surface area contributed by atoms with Gasteiger partial charge in [0.15, 0.2) is 0 Å². The van der Waals surface area contributed by atoms with E-state index >= 15 is 0 Å².